The second-order valence-corrected chi connectivity index (χ2v) is 12.7. The van der Waals surface area contributed by atoms with Gasteiger partial charge in [-0.1, -0.05) is 6.07 Å². The molecule has 1 unspecified atom stereocenters. The zero-order valence-electron chi connectivity index (χ0n) is 26.0. The molecule has 3 aliphatic rings. The van der Waals surface area contributed by atoms with Crippen LogP contribution in [0.2, 0.25) is 0 Å². The number of hydrogen-bond acceptors (Lipinski definition) is 10. The molecule has 4 aromatic heterocycles. The summed E-state index contributed by atoms with van der Waals surface area (Å²) >= 11 is 0. The quantitative estimate of drug-likeness (QED) is 0.258. The standard InChI is InChI=1S/C33H35F2N9O2/c1-17-12-23-22(14-38-42-23)24(18(17)2)27-26(35)28-25-30(41-32(40-28)46-16-33-7-5-9-43(33)15-20(34)13-33)44(10-11-45-31(25)39-27)19(3)21-6-4-8-37-29(21)36/h4,6,8,12,14,19-20H,5,7,9-11,13,15-16H2,1-3H3,(H2,36,37)(H,38,42)/t19?,20-,33+/m1/s1. The Morgan fingerprint density at radius 2 is 2.11 bits per heavy atom. The number of aromatic nitrogens is 6. The first-order valence-corrected chi connectivity index (χ1v) is 15.7. The lowest BCUT2D eigenvalue weighted by atomic mass is 9.95. The first-order chi connectivity index (χ1) is 22.2. The van der Waals surface area contributed by atoms with Crippen LogP contribution in [0.25, 0.3) is 33.1 Å². The highest BCUT2D eigenvalue weighted by Gasteiger charge is 2.49. The molecule has 8 rings (SSSR count). The number of nitrogens with two attached hydrogens (primary N) is 1. The second-order valence-electron chi connectivity index (χ2n) is 12.7. The van der Waals surface area contributed by atoms with Gasteiger partial charge in [-0.2, -0.15) is 15.1 Å². The maximum atomic E-state index is 17.1. The van der Waals surface area contributed by atoms with Crippen LogP contribution in [0, 0.1) is 19.7 Å². The molecule has 0 amide bonds. The molecule has 0 radical (unpaired) electrons. The van der Waals surface area contributed by atoms with Gasteiger partial charge in [-0.15, -0.1) is 0 Å². The minimum Gasteiger partial charge on any atom is -0.475 e. The van der Waals surface area contributed by atoms with Crippen molar-refractivity contribution in [2.45, 2.75) is 57.8 Å². The summed E-state index contributed by atoms with van der Waals surface area (Å²) in [6, 6.07) is 5.44. The summed E-state index contributed by atoms with van der Waals surface area (Å²) in [6.07, 6.45) is 4.60. The fraction of sp³-hybridized carbons (Fsp3) is 0.424. The molecule has 0 spiro atoms. The summed E-state index contributed by atoms with van der Waals surface area (Å²) in [7, 11) is 0. The number of nitrogens with one attached hydrogen (secondary N) is 1. The lowest BCUT2D eigenvalue weighted by Crippen LogP contribution is -2.43. The van der Waals surface area contributed by atoms with Gasteiger partial charge in [-0.05, 0) is 63.4 Å². The number of anilines is 2. The zero-order chi connectivity index (χ0) is 31.7. The van der Waals surface area contributed by atoms with E-state index in [0.717, 1.165) is 47.0 Å². The number of ether oxygens (including phenoxy) is 2. The van der Waals surface area contributed by atoms with Gasteiger partial charge in [-0.3, -0.25) is 10.00 Å². The smallest absolute Gasteiger partial charge is 0.319 e. The predicted octanol–water partition coefficient (Wildman–Crippen LogP) is 5.22. The third-order valence-corrected chi connectivity index (χ3v) is 10.1. The van der Waals surface area contributed by atoms with E-state index in [4.69, 9.17) is 25.2 Å². The van der Waals surface area contributed by atoms with Crippen molar-refractivity contribution in [1.82, 2.24) is 35.0 Å². The molecule has 7 heterocycles. The fourth-order valence-electron chi connectivity index (χ4n) is 7.60. The largest absolute Gasteiger partial charge is 0.475 e. The van der Waals surface area contributed by atoms with E-state index in [1.165, 1.54) is 0 Å². The first-order valence-electron chi connectivity index (χ1n) is 15.7. The number of benzene rings is 1. The van der Waals surface area contributed by atoms with Crippen molar-refractivity contribution in [3.8, 4) is 23.1 Å². The Bertz CT molecular complexity index is 2000. The molecule has 0 bridgehead atoms. The molecule has 11 nitrogen and oxygen atoms in total. The highest BCUT2D eigenvalue weighted by atomic mass is 19.1. The van der Waals surface area contributed by atoms with Crippen molar-refractivity contribution < 1.29 is 18.3 Å². The zero-order valence-corrected chi connectivity index (χ0v) is 26.0. The van der Waals surface area contributed by atoms with E-state index in [1.54, 1.807) is 12.4 Å². The minimum atomic E-state index is -0.907. The molecule has 3 aliphatic heterocycles. The number of halogens is 2. The number of aryl methyl sites for hydroxylation is 1. The number of pyridine rings is 2. The summed E-state index contributed by atoms with van der Waals surface area (Å²) in [5, 5.41) is 8.30. The summed E-state index contributed by atoms with van der Waals surface area (Å²) < 4.78 is 44.2. The molecule has 3 atom stereocenters. The third kappa shape index (κ3) is 4.43. The number of nitrogen functional groups attached to an aromatic ring is 1. The van der Waals surface area contributed by atoms with Crippen molar-refractivity contribution in [2.75, 3.05) is 43.5 Å². The van der Waals surface area contributed by atoms with E-state index in [9.17, 15) is 4.39 Å². The Balaban J connectivity index is 1.32. The van der Waals surface area contributed by atoms with Crippen LogP contribution in [0.4, 0.5) is 20.4 Å². The maximum absolute atomic E-state index is 17.1. The van der Waals surface area contributed by atoms with Crippen LogP contribution in [0.3, 0.4) is 0 Å². The van der Waals surface area contributed by atoms with E-state index < -0.39 is 17.5 Å². The summed E-state index contributed by atoms with van der Waals surface area (Å²) in [5.41, 5.74) is 10.0. The maximum Gasteiger partial charge on any atom is 0.319 e. The van der Waals surface area contributed by atoms with Crippen LogP contribution in [0.1, 0.15) is 48.9 Å². The summed E-state index contributed by atoms with van der Waals surface area (Å²) in [6.45, 7) is 8.00. The van der Waals surface area contributed by atoms with E-state index in [-0.39, 0.29) is 42.4 Å². The molecular weight excluding hydrogens is 592 g/mol. The number of H-pyrrole nitrogens is 1. The van der Waals surface area contributed by atoms with E-state index in [2.05, 4.69) is 25.1 Å². The average Bonchev–Trinajstić information content (AvgIpc) is 3.70. The molecule has 2 saturated heterocycles. The van der Waals surface area contributed by atoms with Crippen LogP contribution < -0.4 is 20.1 Å². The summed E-state index contributed by atoms with van der Waals surface area (Å²) in [5.74, 6) is 0.429. The van der Waals surface area contributed by atoms with Crippen LogP contribution in [-0.4, -0.2) is 79.6 Å². The second kappa shape index (κ2) is 10.7. The van der Waals surface area contributed by atoms with Gasteiger partial charge in [0.2, 0.25) is 5.88 Å². The van der Waals surface area contributed by atoms with E-state index in [0.29, 0.717) is 42.1 Å². The number of alkyl halides is 1. The van der Waals surface area contributed by atoms with E-state index >= 15 is 4.39 Å². The summed E-state index contributed by atoms with van der Waals surface area (Å²) in [4.78, 5) is 22.8. The van der Waals surface area contributed by atoms with Gasteiger partial charge in [0.15, 0.2) is 5.82 Å². The Labute approximate surface area is 264 Å². The van der Waals surface area contributed by atoms with Crippen molar-refractivity contribution in [1.29, 1.82) is 0 Å². The first kappa shape index (κ1) is 28.8. The molecule has 238 valence electrons. The Morgan fingerprint density at radius 1 is 1.24 bits per heavy atom. The normalized spacial score (nSPS) is 21.8. The van der Waals surface area contributed by atoms with Crippen molar-refractivity contribution >= 4 is 33.4 Å². The monoisotopic (exact) mass is 627 g/mol. The fourth-order valence-corrected chi connectivity index (χ4v) is 7.60. The molecular formula is C33H35F2N9O2. The SMILES string of the molecule is Cc1cc2[nH]ncc2c(-c2nc3c4c(nc(OC[C@@]56CCCN5C[C@H](F)C6)nc4c2F)N(C(C)c2cccnc2N)CCO3)c1C. The molecule has 2 fully saturated rings. The topological polar surface area (TPSA) is 131 Å². The lowest BCUT2D eigenvalue weighted by Gasteiger charge is -2.32. The van der Waals surface area contributed by atoms with Gasteiger partial charge >= 0.3 is 6.01 Å². The van der Waals surface area contributed by atoms with Gasteiger partial charge < -0.3 is 20.1 Å². The van der Waals surface area contributed by atoms with Crippen LogP contribution in [0.5, 0.6) is 11.9 Å². The van der Waals surface area contributed by atoms with Crippen LogP contribution in [-0.2, 0) is 0 Å². The number of rotatable bonds is 6. The number of hydrogen-bond donors (Lipinski definition) is 2. The van der Waals surface area contributed by atoms with Crippen molar-refractivity contribution in [3.63, 3.8) is 0 Å². The highest BCUT2D eigenvalue weighted by Crippen LogP contribution is 2.45. The van der Waals surface area contributed by atoms with Gasteiger partial charge in [0.1, 0.15) is 47.6 Å². The number of nitrogens with zero attached hydrogens (tertiary/aromatic N) is 7. The number of fused-ring (bicyclic) bond motifs is 2. The van der Waals surface area contributed by atoms with Crippen LogP contribution >= 0.6 is 0 Å². The van der Waals surface area contributed by atoms with Crippen molar-refractivity contribution in [3.05, 3.63) is 53.1 Å². The van der Waals surface area contributed by atoms with Gasteiger partial charge in [0, 0.05) is 35.7 Å². The van der Waals surface area contributed by atoms with Gasteiger partial charge in [0.05, 0.1) is 29.8 Å². The molecule has 0 aliphatic carbocycles. The Hall–Kier alpha value is -4.65. The van der Waals surface area contributed by atoms with Gasteiger partial charge in [-0.25, -0.2) is 18.7 Å². The number of aromatic amines is 1. The molecule has 3 N–H and O–H groups in total. The average molecular weight is 628 g/mol. The molecule has 46 heavy (non-hydrogen) atoms. The molecule has 5 aromatic rings. The Morgan fingerprint density at radius 3 is 2.96 bits per heavy atom. The molecule has 0 saturated carbocycles. The predicted molar refractivity (Wildman–Crippen MR) is 170 cm³/mol. The lowest BCUT2D eigenvalue weighted by molar-refractivity contribution is 0.107. The van der Waals surface area contributed by atoms with Crippen LogP contribution in [0.15, 0.2) is 30.6 Å². The van der Waals surface area contributed by atoms with Gasteiger partial charge in [0.25, 0.3) is 0 Å². The molecule has 13 heteroatoms. The van der Waals surface area contributed by atoms with Crippen molar-refractivity contribution in [2.24, 2.45) is 0 Å². The minimum absolute atomic E-state index is 0.0146. The van der Waals surface area contributed by atoms with E-state index in [1.807, 2.05) is 43.9 Å². The third-order valence-electron chi connectivity index (χ3n) is 10.1. The molecule has 1 aromatic carbocycles. The highest BCUT2D eigenvalue weighted by molar-refractivity contribution is 6.01. The Kier molecular flexibility index (Phi) is 6.71.